The van der Waals surface area contributed by atoms with Crippen LogP contribution in [0.4, 0.5) is 0 Å². The van der Waals surface area contributed by atoms with Crippen molar-refractivity contribution in [3.05, 3.63) is 46.4 Å². The molecule has 0 fully saturated rings. The third kappa shape index (κ3) is 4.65. The molecule has 5 nitrogen and oxygen atoms in total. The third-order valence-corrected chi connectivity index (χ3v) is 4.83. The molecule has 110 valence electrons. The van der Waals surface area contributed by atoms with Crippen LogP contribution in [0.1, 0.15) is 16.9 Å². The van der Waals surface area contributed by atoms with Crippen LogP contribution in [0.25, 0.3) is 0 Å². The lowest BCUT2D eigenvalue weighted by Crippen LogP contribution is -2.22. The van der Waals surface area contributed by atoms with E-state index in [-0.39, 0.29) is 18.0 Å². The van der Waals surface area contributed by atoms with Gasteiger partial charge in [0.15, 0.2) is 0 Å². The molecule has 0 aromatic carbocycles. The monoisotopic (exact) mass is 322 g/mol. The number of pyridine rings is 1. The van der Waals surface area contributed by atoms with Gasteiger partial charge < -0.3 is 5.11 Å². The van der Waals surface area contributed by atoms with E-state index in [1.54, 1.807) is 6.07 Å². The summed E-state index contributed by atoms with van der Waals surface area (Å²) < 4.78 is 26.6. The molecule has 0 aliphatic rings. The van der Waals surface area contributed by atoms with Crippen LogP contribution in [0.5, 0.6) is 0 Å². The van der Waals surface area contributed by atoms with Crippen molar-refractivity contribution in [2.75, 3.05) is 6.61 Å². The van der Waals surface area contributed by atoms with E-state index in [1.807, 2.05) is 11.4 Å². The number of hydrogen-bond donors (Lipinski definition) is 2. The Kier molecular flexibility index (Phi) is 5.47. The molecule has 2 rings (SSSR count). The summed E-state index contributed by atoms with van der Waals surface area (Å²) in [7, 11) is -3.55. The highest BCUT2D eigenvalue weighted by Gasteiger charge is 2.13. The van der Waals surface area contributed by atoms with Gasteiger partial charge >= 0.3 is 0 Å². The first-order valence-electron chi connectivity index (χ1n) is 6.18. The minimum Gasteiger partial charge on any atom is -0.395 e. The maximum Gasteiger partial charge on any atom is 0.242 e. The first-order chi connectivity index (χ1) is 10.1. The van der Waals surface area contributed by atoms with Crippen molar-refractivity contribution < 1.29 is 13.5 Å². The predicted octanol–water partition coefficient (Wildman–Crippen LogP) is 1.36. The molecule has 0 unspecified atom stereocenters. The Bertz CT molecular complexity index is 743. The Hall–Kier alpha value is -1.72. The zero-order valence-electron chi connectivity index (χ0n) is 11.1. The summed E-state index contributed by atoms with van der Waals surface area (Å²) >= 11 is 1.44. The summed E-state index contributed by atoms with van der Waals surface area (Å²) in [6, 6.07) is 4.91. The number of sulfonamides is 1. The summed E-state index contributed by atoms with van der Waals surface area (Å²) in [6.07, 6.45) is 3.26. The van der Waals surface area contributed by atoms with E-state index in [0.29, 0.717) is 6.42 Å². The van der Waals surface area contributed by atoms with Gasteiger partial charge in [0.1, 0.15) is 4.90 Å². The van der Waals surface area contributed by atoms with Crippen LogP contribution in [0.15, 0.2) is 40.9 Å². The number of thiophene rings is 1. The van der Waals surface area contributed by atoms with Gasteiger partial charge in [-0.25, -0.2) is 13.1 Å². The van der Waals surface area contributed by atoms with Crippen molar-refractivity contribution in [3.8, 4) is 11.8 Å². The van der Waals surface area contributed by atoms with Crippen LogP contribution in [-0.2, 0) is 16.6 Å². The number of nitrogens with zero attached hydrogens (tertiary/aromatic N) is 1. The normalized spacial score (nSPS) is 10.9. The van der Waals surface area contributed by atoms with Crippen LogP contribution in [-0.4, -0.2) is 25.1 Å². The summed E-state index contributed by atoms with van der Waals surface area (Å²) in [5.74, 6) is 5.73. The Balaban J connectivity index is 1.99. The van der Waals surface area contributed by atoms with E-state index in [0.717, 1.165) is 10.4 Å². The smallest absolute Gasteiger partial charge is 0.242 e. The number of aliphatic hydroxyl groups excluding tert-OH is 1. The lowest BCUT2D eigenvalue weighted by molar-refractivity contribution is 0.305. The van der Waals surface area contributed by atoms with Crippen molar-refractivity contribution in [2.24, 2.45) is 0 Å². The van der Waals surface area contributed by atoms with E-state index in [2.05, 4.69) is 21.5 Å². The molecule has 0 atom stereocenters. The van der Waals surface area contributed by atoms with Gasteiger partial charge in [-0.3, -0.25) is 4.98 Å². The van der Waals surface area contributed by atoms with E-state index >= 15 is 0 Å². The molecule has 0 saturated heterocycles. The van der Waals surface area contributed by atoms with Crippen molar-refractivity contribution >= 4 is 21.4 Å². The molecule has 2 N–H and O–H groups in total. The molecule has 0 amide bonds. The summed E-state index contributed by atoms with van der Waals surface area (Å²) in [5, 5.41) is 10.5. The highest BCUT2D eigenvalue weighted by molar-refractivity contribution is 7.89. The average molecular weight is 322 g/mol. The second kappa shape index (κ2) is 7.33. The maximum atomic E-state index is 12.0. The Labute approximate surface area is 127 Å². The topological polar surface area (TPSA) is 79.3 Å². The first-order valence-corrected chi connectivity index (χ1v) is 8.55. The van der Waals surface area contributed by atoms with E-state index in [9.17, 15) is 8.42 Å². The average Bonchev–Trinajstić information content (AvgIpc) is 2.95. The molecular weight excluding hydrogens is 308 g/mol. The van der Waals surface area contributed by atoms with Crippen molar-refractivity contribution in [1.82, 2.24) is 9.71 Å². The Morgan fingerprint density at radius 3 is 3.00 bits per heavy atom. The third-order valence-electron chi connectivity index (χ3n) is 2.50. The SMILES string of the molecule is O=S(=O)(NCc1cc(C#CCCO)cs1)c1cccnc1. The quantitative estimate of drug-likeness (QED) is 0.815. The molecule has 0 aliphatic heterocycles. The zero-order chi connectivity index (χ0) is 15.1. The second-order valence-corrected chi connectivity index (χ2v) is 6.85. The minimum atomic E-state index is -3.55. The van der Waals surface area contributed by atoms with Gasteiger partial charge in [-0.05, 0) is 18.2 Å². The van der Waals surface area contributed by atoms with Crippen LogP contribution in [0.2, 0.25) is 0 Å². The Morgan fingerprint density at radius 2 is 2.29 bits per heavy atom. The zero-order valence-corrected chi connectivity index (χ0v) is 12.7. The number of nitrogens with one attached hydrogen (secondary N) is 1. The second-order valence-electron chi connectivity index (χ2n) is 4.09. The molecule has 2 aromatic heterocycles. The lowest BCUT2D eigenvalue weighted by Gasteiger charge is -2.04. The molecule has 0 spiro atoms. The lowest BCUT2D eigenvalue weighted by atomic mass is 10.3. The molecule has 0 saturated carbocycles. The van der Waals surface area contributed by atoms with Gasteiger partial charge in [0.25, 0.3) is 0 Å². The summed E-state index contributed by atoms with van der Waals surface area (Å²) in [5.41, 5.74) is 0.823. The minimum absolute atomic E-state index is 0.0366. The van der Waals surface area contributed by atoms with Crippen molar-refractivity contribution in [3.63, 3.8) is 0 Å². The highest BCUT2D eigenvalue weighted by Crippen LogP contribution is 2.15. The largest absolute Gasteiger partial charge is 0.395 e. The Morgan fingerprint density at radius 1 is 1.43 bits per heavy atom. The van der Waals surface area contributed by atoms with Crippen molar-refractivity contribution in [1.29, 1.82) is 0 Å². The van der Waals surface area contributed by atoms with Gasteiger partial charge in [-0.2, -0.15) is 0 Å². The highest BCUT2D eigenvalue weighted by atomic mass is 32.2. The van der Waals surface area contributed by atoms with Crippen LogP contribution in [0, 0.1) is 11.8 Å². The number of aromatic nitrogens is 1. The molecule has 21 heavy (non-hydrogen) atoms. The van der Waals surface area contributed by atoms with E-state index in [4.69, 9.17) is 5.11 Å². The van der Waals surface area contributed by atoms with E-state index < -0.39 is 10.0 Å². The molecular formula is C14H14N2O3S2. The number of aliphatic hydroxyl groups is 1. The first kappa shape index (κ1) is 15.7. The van der Waals surface area contributed by atoms with Gasteiger partial charge in [0, 0.05) is 41.2 Å². The predicted molar refractivity (Wildman–Crippen MR) is 81.2 cm³/mol. The van der Waals surface area contributed by atoms with Gasteiger partial charge in [-0.15, -0.1) is 11.3 Å². The molecule has 2 aromatic rings. The van der Waals surface area contributed by atoms with E-state index in [1.165, 1.54) is 29.8 Å². The summed E-state index contributed by atoms with van der Waals surface area (Å²) in [6.45, 7) is 0.248. The molecule has 0 aliphatic carbocycles. The number of hydrogen-bond acceptors (Lipinski definition) is 5. The standard InChI is InChI=1S/C14H14N2O3S2/c17-7-2-1-4-12-8-13(20-11-12)9-16-21(18,19)14-5-3-6-15-10-14/h3,5-6,8,10-11,16-17H,2,7,9H2. The van der Waals surface area contributed by atoms with Crippen molar-refractivity contribution in [2.45, 2.75) is 17.9 Å². The fourth-order valence-electron chi connectivity index (χ4n) is 1.51. The van der Waals surface area contributed by atoms with Crippen LogP contribution in [0.3, 0.4) is 0 Å². The maximum absolute atomic E-state index is 12.0. The van der Waals surface area contributed by atoms with Gasteiger partial charge in [0.2, 0.25) is 10.0 Å². The molecule has 0 bridgehead atoms. The van der Waals surface area contributed by atoms with Crippen LogP contribution < -0.4 is 4.72 Å². The van der Waals surface area contributed by atoms with Gasteiger partial charge in [0.05, 0.1) is 6.61 Å². The molecule has 7 heteroatoms. The fourth-order valence-corrected chi connectivity index (χ4v) is 3.33. The summed E-state index contributed by atoms with van der Waals surface area (Å²) in [4.78, 5) is 4.81. The van der Waals surface area contributed by atoms with Gasteiger partial charge in [-0.1, -0.05) is 11.8 Å². The molecule has 0 radical (unpaired) electrons. The number of rotatable bonds is 5. The molecule has 2 heterocycles. The van der Waals surface area contributed by atoms with Crippen LogP contribution >= 0.6 is 11.3 Å². The fraction of sp³-hybridized carbons (Fsp3) is 0.214.